The lowest BCUT2D eigenvalue weighted by Crippen LogP contribution is -2.46. The minimum Gasteiger partial charge on any atom is -0.480 e. The number of benzene rings is 1. The van der Waals surface area contributed by atoms with Gasteiger partial charge in [-0.05, 0) is 53.9 Å². The fourth-order valence-corrected chi connectivity index (χ4v) is 2.49. The smallest absolute Gasteiger partial charge is 0.260 e. The van der Waals surface area contributed by atoms with Gasteiger partial charge in [0.15, 0.2) is 6.10 Å². The second-order valence-corrected chi connectivity index (χ2v) is 6.27. The van der Waals surface area contributed by atoms with Gasteiger partial charge in [-0.1, -0.05) is 25.4 Å². The first-order valence-corrected chi connectivity index (χ1v) is 8.10. The van der Waals surface area contributed by atoms with Crippen molar-refractivity contribution in [2.24, 2.45) is 0 Å². The van der Waals surface area contributed by atoms with Gasteiger partial charge in [-0.15, -0.1) is 0 Å². The highest BCUT2D eigenvalue weighted by molar-refractivity contribution is 9.10. The number of carbonyl (C=O) groups excluding carboxylic acids is 1. The van der Waals surface area contributed by atoms with Gasteiger partial charge in [-0.2, -0.15) is 0 Å². The highest BCUT2D eigenvalue weighted by Gasteiger charge is 2.24. The lowest BCUT2D eigenvalue weighted by atomic mass is 9.97. The van der Waals surface area contributed by atoms with Crippen molar-refractivity contribution in [1.82, 2.24) is 5.32 Å². The fraction of sp³-hybridized carbons (Fsp3) is 0.533. The molecule has 0 spiro atoms. The molecular weight excluding hydrogens is 358 g/mol. The third kappa shape index (κ3) is 5.49. The number of nitrogens with one attached hydrogen (secondary N) is 1. The van der Waals surface area contributed by atoms with Crippen LogP contribution in [0.25, 0.3) is 0 Å². The van der Waals surface area contributed by atoms with Gasteiger partial charge < -0.3 is 15.2 Å². The molecule has 1 unspecified atom stereocenters. The van der Waals surface area contributed by atoms with Gasteiger partial charge in [0.25, 0.3) is 5.91 Å². The second-order valence-electron chi connectivity index (χ2n) is 4.98. The first-order valence-electron chi connectivity index (χ1n) is 6.93. The molecule has 1 amide bonds. The Balaban J connectivity index is 2.59. The molecule has 0 bridgehead atoms. The van der Waals surface area contributed by atoms with E-state index >= 15 is 0 Å². The highest BCUT2D eigenvalue weighted by atomic mass is 79.9. The number of aliphatic hydroxyl groups is 1. The van der Waals surface area contributed by atoms with E-state index in [-0.39, 0.29) is 12.5 Å². The SMILES string of the molecule is CCC(O)(CC)CNC(=O)C(C)Oc1ccc(Cl)cc1Br. The van der Waals surface area contributed by atoms with E-state index in [1.165, 1.54) is 0 Å². The zero-order chi connectivity index (χ0) is 16.0. The largest absolute Gasteiger partial charge is 0.480 e. The van der Waals surface area contributed by atoms with Crippen molar-refractivity contribution >= 4 is 33.4 Å². The van der Waals surface area contributed by atoms with Gasteiger partial charge in [0.1, 0.15) is 5.75 Å². The summed E-state index contributed by atoms with van der Waals surface area (Å²) < 4.78 is 6.28. The van der Waals surface area contributed by atoms with Gasteiger partial charge in [0, 0.05) is 11.6 Å². The van der Waals surface area contributed by atoms with Crippen LogP contribution in [0.3, 0.4) is 0 Å². The monoisotopic (exact) mass is 377 g/mol. The molecule has 1 atom stereocenters. The standard InChI is InChI=1S/C15H21BrClNO3/c1-4-15(20,5-2)9-18-14(19)10(3)21-13-7-6-11(17)8-12(13)16/h6-8,10,20H,4-5,9H2,1-3H3,(H,18,19). The highest BCUT2D eigenvalue weighted by Crippen LogP contribution is 2.28. The molecule has 0 aliphatic rings. The van der Waals surface area contributed by atoms with Crippen LogP contribution in [-0.4, -0.2) is 29.3 Å². The molecule has 0 aliphatic carbocycles. The number of halogens is 2. The Morgan fingerprint density at radius 3 is 2.62 bits per heavy atom. The number of ether oxygens (including phenoxy) is 1. The topological polar surface area (TPSA) is 58.6 Å². The molecule has 0 radical (unpaired) electrons. The number of rotatable bonds is 7. The maximum Gasteiger partial charge on any atom is 0.260 e. The maximum atomic E-state index is 12.0. The summed E-state index contributed by atoms with van der Waals surface area (Å²) in [6.45, 7) is 5.66. The van der Waals surface area contributed by atoms with Crippen molar-refractivity contribution < 1.29 is 14.6 Å². The van der Waals surface area contributed by atoms with E-state index in [2.05, 4.69) is 21.2 Å². The molecule has 4 nitrogen and oxygen atoms in total. The quantitative estimate of drug-likeness (QED) is 0.763. The van der Waals surface area contributed by atoms with E-state index in [4.69, 9.17) is 16.3 Å². The number of hydrogen-bond donors (Lipinski definition) is 2. The second kappa shape index (κ2) is 8.01. The van der Waals surface area contributed by atoms with Crippen molar-refractivity contribution in [3.63, 3.8) is 0 Å². The summed E-state index contributed by atoms with van der Waals surface area (Å²) in [7, 11) is 0. The van der Waals surface area contributed by atoms with Crippen molar-refractivity contribution in [3.8, 4) is 5.75 Å². The van der Waals surface area contributed by atoms with Crippen LogP contribution in [0.5, 0.6) is 5.75 Å². The van der Waals surface area contributed by atoms with Gasteiger partial charge in [-0.3, -0.25) is 4.79 Å². The summed E-state index contributed by atoms with van der Waals surface area (Å²) in [4.78, 5) is 12.0. The Morgan fingerprint density at radius 2 is 2.10 bits per heavy atom. The summed E-state index contributed by atoms with van der Waals surface area (Å²) in [5.41, 5.74) is -0.865. The summed E-state index contributed by atoms with van der Waals surface area (Å²) in [5.74, 6) is 0.278. The fourth-order valence-electron chi connectivity index (χ4n) is 1.71. The number of amides is 1. The lowest BCUT2D eigenvalue weighted by molar-refractivity contribution is -0.128. The average Bonchev–Trinajstić information content (AvgIpc) is 2.47. The number of hydrogen-bond acceptors (Lipinski definition) is 3. The van der Waals surface area contributed by atoms with Crippen LogP contribution in [-0.2, 0) is 4.79 Å². The minimum absolute atomic E-state index is 0.217. The molecule has 0 fully saturated rings. The van der Waals surface area contributed by atoms with Crippen molar-refractivity contribution in [3.05, 3.63) is 27.7 Å². The summed E-state index contributed by atoms with van der Waals surface area (Å²) in [5, 5.41) is 13.5. The molecule has 1 aromatic carbocycles. The normalized spacial score (nSPS) is 12.9. The van der Waals surface area contributed by atoms with Gasteiger partial charge >= 0.3 is 0 Å². The molecule has 0 saturated carbocycles. The summed E-state index contributed by atoms with van der Waals surface area (Å²) in [6.07, 6.45) is 0.504. The third-order valence-electron chi connectivity index (χ3n) is 3.47. The van der Waals surface area contributed by atoms with Gasteiger partial charge in [-0.25, -0.2) is 0 Å². The average molecular weight is 379 g/mol. The molecule has 21 heavy (non-hydrogen) atoms. The molecule has 118 valence electrons. The van der Waals surface area contributed by atoms with E-state index in [1.54, 1.807) is 25.1 Å². The van der Waals surface area contributed by atoms with Crippen molar-refractivity contribution in [1.29, 1.82) is 0 Å². The Labute approximate surface area is 139 Å². The Bertz CT molecular complexity index is 492. The van der Waals surface area contributed by atoms with Crippen LogP contribution < -0.4 is 10.1 Å². The predicted molar refractivity (Wildman–Crippen MR) is 87.8 cm³/mol. The molecule has 0 aliphatic heterocycles. The van der Waals surface area contributed by atoms with E-state index in [0.29, 0.717) is 28.1 Å². The lowest BCUT2D eigenvalue weighted by Gasteiger charge is -2.26. The van der Waals surface area contributed by atoms with Gasteiger partial charge in [0.05, 0.1) is 10.1 Å². The molecule has 2 N–H and O–H groups in total. The first-order chi connectivity index (χ1) is 9.81. The Morgan fingerprint density at radius 1 is 1.48 bits per heavy atom. The molecule has 0 aromatic heterocycles. The van der Waals surface area contributed by atoms with Crippen LogP contribution in [0, 0.1) is 0 Å². The zero-order valence-electron chi connectivity index (χ0n) is 12.5. The van der Waals surface area contributed by atoms with E-state index < -0.39 is 11.7 Å². The van der Waals surface area contributed by atoms with Crippen molar-refractivity contribution in [2.45, 2.75) is 45.3 Å². The molecular formula is C15H21BrClNO3. The summed E-state index contributed by atoms with van der Waals surface area (Å²) >= 11 is 9.19. The van der Waals surface area contributed by atoms with Crippen molar-refractivity contribution in [2.75, 3.05) is 6.54 Å². The van der Waals surface area contributed by atoms with E-state index in [0.717, 1.165) is 0 Å². The maximum absolute atomic E-state index is 12.0. The predicted octanol–water partition coefficient (Wildman–Crippen LogP) is 3.54. The van der Waals surface area contributed by atoms with Crippen LogP contribution in [0.4, 0.5) is 0 Å². The van der Waals surface area contributed by atoms with E-state index in [1.807, 2.05) is 13.8 Å². The van der Waals surface area contributed by atoms with Gasteiger partial charge in [0.2, 0.25) is 0 Å². The Hall–Kier alpha value is -0.780. The Kier molecular flexibility index (Phi) is 6.97. The first kappa shape index (κ1) is 18.3. The zero-order valence-corrected chi connectivity index (χ0v) is 14.8. The molecule has 1 rings (SSSR count). The van der Waals surface area contributed by atoms with Crippen LogP contribution in [0.2, 0.25) is 5.02 Å². The van der Waals surface area contributed by atoms with Crippen LogP contribution >= 0.6 is 27.5 Å². The van der Waals surface area contributed by atoms with Crippen LogP contribution in [0.15, 0.2) is 22.7 Å². The molecule has 1 aromatic rings. The summed E-state index contributed by atoms with van der Waals surface area (Å²) in [6, 6.07) is 5.10. The molecule has 0 heterocycles. The third-order valence-corrected chi connectivity index (χ3v) is 4.33. The van der Waals surface area contributed by atoms with Crippen LogP contribution in [0.1, 0.15) is 33.6 Å². The molecule has 0 saturated heterocycles. The number of carbonyl (C=O) groups is 1. The minimum atomic E-state index is -0.865. The van der Waals surface area contributed by atoms with E-state index in [9.17, 15) is 9.90 Å². The molecule has 6 heteroatoms.